The van der Waals surface area contributed by atoms with Crippen LogP contribution in [0.15, 0.2) is 53.4 Å². The lowest BCUT2D eigenvalue weighted by atomic mass is 10.0. The standard InChI is InChI=1S/C13H12FNO2S/c14-9-18(16,17)11-6-7-12(13(15)8-11)10-4-2-1-3-5-10/h1-8H,9,15H2. The van der Waals surface area contributed by atoms with Crippen molar-refractivity contribution in [1.29, 1.82) is 0 Å². The van der Waals surface area contributed by atoms with Gasteiger partial charge in [-0.2, -0.15) is 0 Å². The molecule has 3 nitrogen and oxygen atoms in total. The van der Waals surface area contributed by atoms with E-state index in [2.05, 4.69) is 0 Å². The van der Waals surface area contributed by atoms with E-state index >= 15 is 0 Å². The average molecular weight is 265 g/mol. The Morgan fingerprint density at radius 2 is 1.72 bits per heavy atom. The zero-order valence-electron chi connectivity index (χ0n) is 9.51. The lowest BCUT2D eigenvalue weighted by Gasteiger charge is -2.08. The first-order valence-electron chi connectivity index (χ1n) is 5.28. The van der Waals surface area contributed by atoms with Gasteiger partial charge >= 0.3 is 0 Å². The first-order valence-corrected chi connectivity index (χ1v) is 6.93. The van der Waals surface area contributed by atoms with E-state index in [1.807, 2.05) is 30.3 Å². The molecule has 18 heavy (non-hydrogen) atoms. The molecule has 0 saturated carbocycles. The summed E-state index contributed by atoms with van der Waals surface area (Å²) >= 11 is 0. The highest BCUT2D eigenvalue weighted by Crippen LogP contribution is 2.28. The van der Waals surface area contributed by atoms with Crippen LogP contribution >= 0.6 is 0 Å². The van der Waals surface area contributed by atoms with E-state index in [1.165, 1.54) is 12.1 Å². The highest BCUT2D eigenvalue weighted by Gasteiger charge is 2.15. The zero-order chi connectivity index (χ0) is 13.2. The normalized spacial score (nSPS) is 11.4. The van der Waals surface area contributed by atoms with Crippen LogP contribution in [0.5, 0.6) is 0 Å². The Morgan fingerprint density at radius 1 is 1.06 bits per heavy atom. The van der Waals surface area contributed by atoms with Crippen molar-refractivity contribution in [2.24, 2.45) is 0 Å². The SMILES string of the molecule is Nc1cc(S(=O)(=O)CF)ccc1-c1ccccc1. The van der Waals surface area contributed by atoms with Crippen LogP contribution in [0.2, 0.25) is 0 Å². The summed E-state index contributed by atoms with van der Waals surface area (Å²) in [5.74, 6) is 0. The number of rotatable bonds is 3. The molecule has 0 aromatic heterocycles. The van der Waals surface area contributed by atoms with Crippen molar-refractivity contribution in [3.05, 3.63) is 48.5 Å². The molecule has 0 radical (unpaired) electrons. The maximum absolute atomic E-state index is 12.4. The number of alkyl halides is 1. The van der Waals surface area contributed by atoms with Gasteiger partial charge in [-0.05, 0) is 17.7 Å². The predicted molar refractivity (Wildman–Crippen MR) is 69.5 cm³/mol. The van der Waals surface area contributed by atoms with E-state index in [9.17, 15) is 12.8 Å². The van der Waals surface area contributed by atoms with Gasteiger partial charge in [0.2, 0.25) is 9.84 Å². The molecule has 2 aromatic rings. The minimum atomic E-state index is -3.87. The first-order chi connectivity index (χ1) is 8.54. The van der Waals surface area contributed by atoms with E-state index in [0.717, 1.165) is 11.1 Å². The number of sulfone groups is 1. The van der Waals surface area contributed by atoms with Crippen LogP contribution in [0.25, 0.3) is 11.1 Å². The Bertz CT molecular complexity index is 654. The molecular weight excluding hydrogens is 253 g/mol. The summed E-state index contributed by atoms with van der Waals surface area (Å²) in [7, 11) is -3.87. The average Bonchev–Trinajstić information content (AvgIpc) is 2.39. The number of nitrogen functional groups attached to an aromatic ring is 1. The van der Waals surface area contributed by atoms with Crippen molar-refractivity contribution >= 4 is 15.5 Å². The quantitative estimate of drug-likeness (QED) is 0.868. The lowest BCUT2D eigenvalue weighted by molar-refractivity contribution is 0.534. The fraction of sp³-hybridized carbons (Fsp3) is 0.0769. The predicted octanol–water partition coefficient (Wildman–Crippen LogP) is 2.64. The van der Waals surface area contributed by atoms with E-state index < -0.39 is 15.8 Å². The highest BCUT2D eigenvalue weighted by molar-refractivity contribution is 7.91. The van der Waals surface area contributed by atoms with Gasteiger partial charge in [-0.25, -0.2) is 12.8 Å². The van der Waals surface area contributed by atoms with Gasteiger partial charge in [-0.1, -0.05) is 36.4 Å². The molecule has 0 aliphatic carbocycles. The third-order valence-corrected chi connectivity index (χ3v) is 3.87. The minimum absolute atomic E-state index is 0.0952. The Labute approximate surface area is 105 Å². The van der Waals surface area contributed by atoms with Gasteiger partial charge in [0, 0.05) is 11.3 Å². The van der Waals surface area contributed by atoms with Gasteiger partial charge in [0.25, 0.3) is 0 Å². The van der Waals surface area contributed by atoms with Gasteiger partial charge in [0.05, 0.1) is 4.90 Å². The number of hydrogen-bond donors (Lipinski definition) is 1. The van der Waals surface area contributed by atoms with Crippen molar-refractivity contribution in [1.82, 2.24) is 0 Å². The third kappa shape index (κ3) is 2.36. The van der Waals surface area contributed by atoms with Crippen LogP contribution in [0.1, 0.15) is 0 Å². The van der Waals surface area contributed by atoms with Crippen molar-refractivity contribution < 1.29 is 12.8 Å². The molecule has 0 amide bonds. The highest BCUT2D eigenvalue weighted by atomic mass is 32.2. The second-order valence-corrected chi connectivity index (χ2v) is 5.76. The molecule has 94 valence electrons. The molecule has 2 rings (SSSR count). The zero-order valence-corrected chi connectivity index (χ0v) is 10.3. The van der Waals surface area contributed by atoms with E-state index in [-0.39, 0.29) is 4.90 Å². The van der Waals surface area contributed by atoms with Gasteiger partial charge in [0.15, 0.2) is 6.01 Å². The van der Waals surface area contributed by atoms with Crippen molar-refractivity contribution in [2.75, 3.05) is 11.7 Å². The second kappa shape index (κ2) is 4.78. The summed E-state index contributed by atoms with van der Waals surface area (Å²) in [4.78, 5) is -0.0952. The third-order valence-electron chi connectivity index (χ3n) is 2.61. The van der Waals surface area contributed by atoms with Crippen molar-refractivity contribution in [2.45, 2.75) is 4.90 Å². The maximum Gasteiger partial charge on any atom is 0.207 e. The Kier molecular flexibility index (Phi) is 3.34. The minimum Gasteiger partial charge on any atom is -0.398 e. The molecule has 0 fully saturated rings. The number of hydrogen-bond acceptors (Lipinski definition) is 3. The Hall–Kier alpha value is -1.88. The topological polar surface area (TPSA) is 60.2 Å². The first kappa shape index (κ1) is 12.6. The van der Waals surface area contributed by atoms with Crippen LogP contribution in [-0.2, 0) is 9.84 Å². The summed E-state index contributed by atoms with van der Waals surface area (Å²) < 4.78 is 35.1. The summed E-state index contributed by atoms with van der Waals surface area (Å²) in [5, 5.41) is 0. The monoisotopic (exact) mass is 265 g/mol. The lowest BCUT2D eigenvalue weighted by Crippen LogP contribution is -2.03. The van der Waals surface area contributed by atoms with E-state index in [0.29, 0.717) is 5.69 Å². The molecule has 2 N–H and O–H groups in total. The molecule has 0 unspecified atom stereocenters. The molecule has 0 heterocycles. The fourth-order valence-electron chi connectivity index (χ4n) is 1.68. The molecule has 0 aliphatic rings. The number of benzene rings is 2. The molecule has 2 aromatic carbocycles. The molecule has 0 aliphatic heterocycles. The van der Waals surface area contributed by atoms with Gasteiger partial charge in [-0.15, -0.1) is 0 Å². The van der Waals surface area contributed by atoms with Gasteiger partial charge < -0.3 is 5.73 Å². The summed E-state index contributed by atoms with van der Waals surface area (Å²) in [5.41, 5.74) is 7.75. The Balaban J connectivity index is 2.50. The summed E-state index contributed by atoms with van der Waals surface area (Å²) in [6, 6.07) is 12.2. The molecule has 0 atom stereocenters. The van der Waals surface area contributed by atoms with E-state index in [1.54, 1.807) is 6.07 Å². The van der Waals surface area contributed by atoms with Crippen LogP contribution in [-0.4, -0.2) is 14.4 Å². The molecule has 0 bridgehead atoms. The largest absolute Gasteiger partial charge is 0.398 e. The molecule has 0 spiro atoms. The van der Waals surface area contributed by atoms with Crippen LogP contribution in [0.4, 0.5) is 10.1 Å². The molecular formula is C13H12FNO2S. The summed E-state index contributed by atoms with van der Waals surface area (Å²) in [6.45, 7) is 0. The van der Waals surface area contributed by atoms with Crippen LogP contribution in [0.3, 0.4) is 0 Å². The molecule has 0 saturated heterocycles. The van der Waals surface area contributed by atoms with Crippen LogP contribution < -0.4 is 5.73 Å². The van der Waals surface area contributed by atoms with E-state index in [4.69, 9.17) is 5.73 Å². The number of anilines is 1. The van der Waals surface area contributed by atoms with Gasteiger partial charge in [-0.3, -0.25) is 0 Å². The van der Waals surface area contributed by atoms with Crippen molar-refractivity contribution in [3.8, 4) is 11.1 Å². The fourth-order valence-corrected chi connectivity index (χ4v) is 2.39. The number of nitrogens with two attached hydrogens (primary N) is 1. The molecule has 5 heteroatoms. The van der Waals surface area contributed by atoms with Crippen LogP contribution in [0, 0.1) is 0 Å². The maximum atomic E-state index is 12.4. The Morgan fingerprint density at radius 3 is 2.28 bits per heavy atom. The van der Waals surface area contributed by atoms with Crippen molar-refractivity contribution in [3.63, 3.8) is 0 Å². The number of halogens is 1. The van der Waals surface area contributed by atoms with Gasteiger partial charge in [0.1, 0.15) is 0 Å². The summed E-state index contributed by atoms with van der Waals surface area (Å²) in [6.07, 6.45) is 0. The smallest absolute Gasteiger partial charge is 0.207 e. The second-order valence-electron chi connectivity index (χ2n) is 3.84.